The van der Waals surface area contributed by atoms with E-state index in [0.717, 1.165) is 4.31 Å². The third-order valence-corrected chi connectivity index (χ3v) is 4.71. The lowest BCUT2D eigenvalue weighted by Gasteiger charge is -2.17. The topological polar surface area (TPSA) is 70.7 Å². The van der Waals surface area contributed by atoms with E-state index in [0.29, 0.717) is 33.4 Å². The molecule has 0 fully saturated rings. The number of amides is 3. The molecule has 3 rings (SSSR count). The SMILES string of the molecule is COc1ccc(NC(=O)N(S)c2ccc(NC(=O)c3ccccc3)cc2)cc1Cl. The first-order valence-corrected chi connectivity index (χ1v) is 9.35. The summed E-state index contributed by atoms with van der Waals surface area (Å²) in [6.45, 7) is 0. The summed E-state index contributed by atoms with van der Waals surface area (Å²) in [5.41, 5.74) is 2.20. The number of carbonyl (C=O) groups is 2. The Balaban J connectivity index is 1.63. The monoisotopic (exact) mass is 427 g/mol. The van der Waals surface area contributed by atoms with Gasteiger partial charge in [-0.3, -0.25) is 4.79 Å². The highest BCUT2D eigenvalue weighted by molar-refractivity contribution is 7.82. The van der Waals surface area contributed by atoms with Gasteiger partial charge in [0.1, 0.15) is 5.75 Å². The normalized spacial score (nSPS) is 10.2. The van der Waals surface area contributed by atoms with E-state index in [4.69, 9.17) is 16.3 Å². The molecule has 0 unspecified atom stereocenters. The van der Waals surface area contributed by atoms with Gasteiger partial charge in [0.25, 0.3) is 5.91 Å². The molecule has 0 aliphatic heterocycles. The van der Waals surface area contributed by atoms with Gasteiger partial charge in [-0.25, -0.2) is 9.10 Å². The van der Waals surface area contributed by atoms with Gasteiger partial charge in [-0.05, 0) is 54.6 Å². The van der Waals surface area contributed by atoms with Crippen LogP contribution in [0.25, 0.3) is 0 Å². The van der Waals surface area contributed by atoms with Crippen molar-refractivity contribution in [3.8, 4) is 5.75 Å². The van der Waals surface area contributed by atoms with Crippen LogP contribution in [0.2, 0.25) is 5.02 Å². The number of urea groups is 1. The van der Waals surface area contributed by atoms with Crippen molar-refractivity contribution in [3.63, 3.8) is 0 Å². The van der Waals surface area contributed by atoms with E-state index >= 15 is 0 Å². The Hall–Kier alpha value is -3.16. The van der Waals surface area contributed by atoms with E-state index in [9.17, 15) is 9.59 Å². The van der Waals surface area contributed by atoms with Gasteiger partial charge in [0.2, 0.25) is 0 Å². The molecule has 0 heterocycles. The van der Waals surface area contributed by atoms with Crippen molar-refractivity contribution in [1.82, 2.24) is 0 Å². The third kappa shape index (κ3) is 5.22. The maximum Gasteiger partial charge on any atom is 0.336 e. The largest absolute Gasteiger partial charge is 0.495 e. The Kier molecular flexibility index (Phi) is 6.64. The predicted molar refractivity (Wildman–Crippen MR) is 119 cm³/mol. The van der Waals surface area contributed by atoms with Gasteiger partial charge in [-0.1, -0.05) is 42.6 Å². The van der Waals surface area contributed by atoms with Crippen LogP contribution in [-0.4, -0.2) is 19.0 Å². The molecule has 148 valence electrons. The Morgan fingerprint density at radius 1 is 0.931 bits per heavy atom. The van der Waals surface area contributed by atoms with Crippen molar-refractivity contribution in [2.75, 3.05) is 22.0 Å². The average Bonchev–Trinajstić information content (AvgIpc) is 2.74. The molecule has 6 nitrogen and oxygen atoms in total. The summed E-state index contributed by atoms with van der Waals surface area (Å²) < 4.78 is 6.24. The highest BCUT2D eigenvalue weighted by atomic mass is 35.5. The lowest BCUT2D eigenvalue weighted by Crippen LogP contribution is -2.26. The van der Waals surface area contributed by atoms with Crippen LogP contribution >= 0.6 is 24.4 Å². The quantitative estimate of drug-likeness (QED) is 0.472. The minimum absolute atomic E-state index is 0.213. The van der Waals surface area contributed by atoms with E-state index < -0.39 is 6.03 Å². The number of thiol groups is 1. The van der Waals surface area contributed by atoms with Gasteiger partial charge in [-0.2, -0.15) is 0 Å². The number of carbonyl (C=O) groups excluding carboxylic acids is 2. The number of nitrogens with zero attached hydrogens (tertiary/aromatic N) is 1. The molecule has 8 heteroatoms. The molecule has 3 aromatic rings. The Bertz CT molecular complexity index is 1010. The fourth-order valence-corrected chi connectivity index (χ4v) is 2.96. The van der Waals surface area contributed by atoms with Gasteiger partial charge in [-0.15, -0.1) is 0 Å². The van der Waals surface area contributed by atoms with Crippen molar-refractivity contribution in [2.24, 2.45) is 0 Å². The first-order valence-electron chi connectivity index (χ1n) is 8.58. The second-order valence-electron chi connectivity index (χ2n) is 5.96. The molecule has 0 aromatic heterocycles. The molecule has 3 amide bonds. The second-order valence-corrected chi connectivity index (χ2v) is 6.77. The van der Waals surface area contributed by atoms with E-state index in [1.165, 1.54) is 7.11 Å². The molecule has 29 heavy (non-hydrogen) atoms. The first-order chi connectivity index (χ1) is 14.0. The van der Waals surface area contributed by atoms with Gasteiger partial charge < -0.3 is 15.4 Å². The van der Waals surface area contributed by atoms with Gasteiger partial charge in [0, 0.05) is 16.9 Å². The lowest BCUT2D eigenvalue weighted by molar-refractivity contribution is 0.102. The number of ether oxygens (including phenoxy) is 1. The standard InChI is InChI=1S/C21H18ClN3O3S/c1-28-19-12-9-16(13-18(19)22)24-21(27)25(29)17-10-7-15(8-11-17)23-20(26)14-5-3-2-4-6-14/h2-13,29H,1H3,(H,23,26)(H,24,27). The van der Waals surface area contributed by atoms with Gasteiger partial charge >= 0.3 is 6.03 Å². The smallest absolute Gasteiger partial charge is 0.336 e. The maximum atomic E-state index is 12.4. The molecule has 0 saturated carbocycles. The summed E-state index contributed by atoms with van der Waals surface area (Å²) in [5, 5.41) is 5.89. The zero-order valence-electron chi connectivity index (χ0n) is 15.4. The third-order valence-electron chi connectivity index (χ3n) is 4.00. The minimum atomic E-state index is -0.462. The Labute approximate surface area is 179 Å². The van der Waals surface area contributed by atoms with Crippen LogP contribution in [0.15, 0.2) is 72.8 Å². The van der Waals surface area contributed by atoms with Crippen LogP contribution < -0.4 is 19.7 Å². The molecule has 0 spiro atoms. The summed E-state index contributed by atoms with van der Waals surface area (Å²) in [6.07, 6.45) is 0. The summed E-state index contributed by atoms with van der Waals surface area (Å²) in [6, 6.07) is 20.1. The maximum absolute atomic E-state index is 12.4. The number of anilines is 3. The number of hydrogen-bond donors (Lipinski definition) is 3. The van der Waals surface area contributed by atoms with Crippen molar-refractivity contribution >= 4 is 53.4 Å². The highest BCUT2D eigenvalue weighted by Crippen LogP contribution is 2.28. The Morgan fingerprint density at radius 3 is 2.21 bits per heavy atom. The fraction of sp³-hybridized carbons (Fsp3) is 0.0476. The molecule has 2 N–H and O–H groups in total. The molecule has 0 bridgehead atoms. The highest BCUT2D eigenvalue weighted by Gasteiger charge is 2.14. The zero-order chi connectivity index (χ0) is 20.8. The van der Waals surface area contributed by atoms with E-state index in [2.05, 4.69) is 23.4 Å². The summed E-state index contributed by atoms with van der Waals surface area (Å²) in [5.74, 6) is 0.302. The number of halogens is 1. The second kappa shape index (κ2) is 9.36. The predicted octanol–water partition coefficient (Wildman–Crippen LogP) is 5.48. The first kappa shape index (κ1) is 20.6. The number of rotatable bonds is 5. The van der Waals surface area contributed by atoms with Crippen LogP contribution in [-0.2, 0) is 0 Å². The van der Waals surface area contributed by atoms with Crippen LogP contribution in [0, 0.1) is 0 Å². The molecule has 0 radical (unpaired) electrons. The molecule has 0 atom stereocenters. The van der Waals surface area contributed by atoms with Gasteiger partial charge in [0.05, 0.1) is 17.8 Å². The molecule has 0 aliphatic rings. The summed E-state index contributed by atoms with van der Waals surface area (Å²) in [4.78, 5) is 24.6. The van der Waals surface area contributed by atoms with E-state index in [1.807, 2.05) is 6.07 Å². The molecule has 0 aliphatic carbocycles. The number of nitrogens with one attached hydrogen (secondary N) is 2. The van der Waals surface area contributed by atoms with Crippen molar-refractivity contribution in [1.29, 1.82) is 0 Å². The molecule has 3 aromatic carbocycles. The molecular formula is C21H18ClN3O3S. The van der Waals surface area contributed by atoms with Crippen LogP contribution in [0.5, 0.6) is 5.75 Å². The number of benzene rings is 3. The van der Waals surface area contributed by atoms with Crippen molar-refractivity contribution in [2.45, 2.75) is 0 Å². The van der Waals surface area contributed by atoms with E-state index in [1.54, 1.807) is 66.7 Å². The fourth-order valence-electron chi connectivity index (χ4n) is 2.52. The Morgan fingerprint density at radius 2 is 1.59 bits per heavy atom. The minimum Gasteiger partial charge on any atom is -0.495 e. The van der Waals surface area contributed by atoms with Gasteiger partial charge in [0.15, 0.2) is 0 Å². The van der Waals surface area contributed by atoms with Crippen LogP contribution in [0.3, 0.4) is 0 Å². The van der Waals surface area contributed by atoms with Crippen LogP contribution in [0.4, 0.5) is 21.9 Å². The van der Waals surface area contributed by atoms with Crippen molar-refractivity contribution in [3.05, 3.63) is 83.4 Å². The van der Waals surface area contributed by atoms with Crippen molar-refractivity contribution < 1.29 is 14.3 Å². The number of methoxy groups -OCH3 is 1. The van der Waals surface area contributed by atoms with E-state index in [-0.39, 0.29) is 5.91 Å². The lowest BCUT2D eigenvalue weighted by atomic mass is 10.2. The number of hydrogen-bond acceptors (Lipinski definition) is 4. The van der Waals surface area contributed by atoms with Crippen LogP contribution in [0.1, 0.15) is 10.4 Å². The molecule has 0 saturated heterocycles. The summed E-state index contributed by atoms with van der Waals surface area (Å²) >= 11 is 10.3. The average molecular weight is 428 g/mol. The molecular weight excluding hydrogens is 410 g/mol. The summed E-state index contributed by atoms with van der Waals surface area (Å²) in [7, 11) is 1.51. The zero-order valence-corrected chi connectivity index (χ0v) is 17.1.